The highest BCUT2D eigenvalue weighted by Crippen LogP contribution is 2.31. The average molecular weight is 347 g/mol. The Balaban J connectivity index is 2.36. The zero-order valence-corrected chi connectivity index (χ0v) is 15.0. The lowest BCUT2D eigenvalue weighted by atomic mass is 9.77. The van der Waals surface area contributed by atoms with Gasteiger partial charge in [-0.15, -0.1) is 0 Å². The fourth-order valence-electron chi connectivity index (χ4n) is 3.09. The third-order valence-electron chi connectivity index (χ3n) is 4.39. The molecule has 2 rings (SSSR count). The molecular weight excluding hydrogens is 322 g/mol. The molecule has 2 aromatic carbocycles. The minimum Gasteiger partial charge on any atom is -0.395 e. The van der Waals surface area contributed by atoms with E-state index in [4.69, 9.17) is 0 Å². The number of hydrogen-bond acceptors (Lipinski definition) is 3. The van der Waals surface area contributed by atoms with Crippen LogP contribution in [0.2, 0.25) is 0 Å². The van der Waals surface area contributed by atoms with Crippen molar-refractivity contribution in [3.8, 4) is 0 Å². The van der Waals surface area contributed by atoms with Crippen LogP contribution in [0.25, 0.3) is 0 Å². The van der Waals surface area contributed by atoms with E-state index in [-0.39, 0.29) is 18.0 Å². The Bertz CT molecular complexity index is 732. The minimum atomic E-state index is -3.59. The fourth-order valence-corrected chi connectivity index (χ4v) is 4.37. The predicted molar refractivity (Wildman–Crippen MR) is 96.4 cm³/mol. The lowest BCUT2D eigenvalue weighted by Gasteiger charge is -2.35. The summed E-state index contributed by atoms with van der Waals surface area (Å²) in [7, 11) is -2.01. The van der Waals surface area contributed by atoms with Crippen molar-refractivity contribution in [1.29, 1.82) is 0 Å². The van der Waals surface area contributed by atoms with Gasteiger partial charge < -0.3 is 5.11 Å². The number of rotatable bonds is 8. The predicted octanol–water partition coefficient (Wildman–Crippen LogP) is 3.04. The van der Waals surface area contributed by atoms with Gasteiger partial charge in [-0.1, -0.05) is 61.9 Å². The van der Waals surface area contributed by atoms with E-state index >= 15 is 0 Å². The van der Waals surface area contributed by atoms with Gasteiger partial charge in [0.15, 0.2) is 0 Å². The zero-order chi connectivity index (χ0) is 17.6. The maximum absolute atomic E-state index is 12.8. The molecule has 0 radical (unpaired) electrons. The first kappa shape index (κ1) is 18.6. The van der Waals surface area contributed by atoms with Gasteiger partial charge in [0, 0.05) is 19.0 Å². The van der Waals surface area contributed by atoms with Crippen LogP contribution in [0, 0.1) is 0 Å². The van der Waals surface area contributed by atoms with E-state index in [1.54, 1.807) is 37.4 Å². The van der Waals surface area contributed by atoms with Gasteiger partial charge in [0.2, 0.25) is 10.0 Å². The highest BCUT2D eigenvalue weighted by atomic mass is 32.2. The summed E-state index contributed by atoms with van der Waals surface area (Å²) in [5.41, 5.74) is 0.358. The van der Waals surface area contributed by atoms with Crippen molar-refractivity contribution in [3.63, 3.8) is 0 Å². The summed E-state index contributed by atoms with van der Waals surface area (Å²) in [4.78, 5) is 0.267. The maximum Gasteiger partial charge on any atom is 0.242 e. The molecule has 0 saturated carbocycles. The van der Waals surface area contributed by atoms with Crippen LogP contribution in [0.1, 0.15) is 25.3 Å². The lowest BCUT2D eigenvalue weighted by molar-refractivity contribution is 0.162. The largest absolute Gasteiger partial charge is 0.395 e. The third kappa shape index (κ3) is 3.86. The Labute approximate surface area is 144 Å². The van der Waals surface area contributed by atoms with Gasteiger partial charge in [-0.25, -0.2) is 8.42 Å². The number of likely N-dealkylation sites (N-methyl/N-ethyl adjacent to an activating group) is 1. The Morgan fingerprint density at radius 2 is 1.54 bits per heavy atom. The molecule has 0 spiro atoms. The Hall–Kier alpha value is -1.69. The molecule has 0 aliphatic rings. The van der Waals surface area contributed by atoms with Gasteiger partial charge in [-0.3, -0.25) is 0 Å². The molecule has 0 aliphatic carbocycles. The van der Waals surface area contributed by atoms with Crippen molar-refractivity contribution in [2.45, 2.75) is 30.1 Å². The Morgan fingerprint density at radius 1 is 1.00 bits per heavy atom. The normalized spacial score (nSPS) is 14.5. The van der Waals surface area contributed by atoms with E-state index in [1.165, 1.54) is 4.31 Å². The number of benzene rings is 2. The standard InChI is InChI=1S/C19H25NO3S/c1-3-14-19(16-21,17-10-6-4-7-11-17)15-20(2)24(22,23)18-12-8-5-9-13-18/h4-13,21H,3,14-16H2,1-2H3. The maximum atomic E-state index is 12.8. The van der Waals surface area contributed by atoms with Crippen LogP contribution in [0.5, 0.6) is 0 Å². The molecule has 0 saturated heterocycles. The summed E-state index contributed by atoms with van der Waals surface area (Å²) in [6.07, 6.45) is 1.57. The molecule has 5 heteroatoms. The number of hydrogen-bond donors (Lipinski definition) is 1. The van der Waals surface area contributed by atoms with Gasteiger partial charge in [0.05, 0.1) is 11.5 Å². The van der Waals surface area contributed by atoms with Crippen molar-refractivity contribution in [2.24, 2.45) is 0 Å². The minimum absolute atomic E-state index is 0.0977. The summed E-state index contributed by atoms with van der Waals surface area (Å²) in [5.74, 6) is 0. The molecule has 0 bridgehead atoms. The number of sulfonamides is 1. The summed E-state index contributed by atoms with van der Waals surface area (Å²) in [6.45, 7) is 2.18. The summed E-state index contributed by atoms with van der Waals surface area (Å²) >= 11 is 0. The Morgan fingerprint density at radius 3 is 2.04 bits per heavy atom. The first-order chi connectivity index (χ1) is 11.5. The summed E-state index contributed by atoms with van der Waals surface area (Å²) in [6, 6.07) is 18.1. The molecule has 24 heavy (non-hydrogen) atoms. The summed E-state index contributed by atoms with van der Waals surface area (Å²) in [5, 5.41) is 10.1. The topological polar surface area (TPSA) is 57.6 Å². The molecular formula is C19H25NO3S. The molecule has 1 unspecified atom stereocenters. The first-order valence-electron chi connectivity index (χ1n) is 8.14. The van der Waals surface area contributed by atoms with Crippen LogP contribution >= 0.6 is 0 Å². The van der Waals surface area contributed by atoms with E-state index in [2.05, 4.69) is 0 Å². The van der Waals surface area contributed by atoms with Crippen molar-refractivity contribution in [1.82, 2.24) is 4.31 Å². The number of nitrogens with zero attached hydrogens (tertiary/aromatic N) is 1. The van der Waals surface area contributed by atoms with E-state index in [0.717, 1.165) is 12.0 Å². The van der Waals surface area contributed by atoms with Gasteiger partial charge >= 0.3 is 0 Å². The van der Waals surface area contributed by atoms with Crippen LogP contribution < -0.4 is 0 Å². The number of aliphatic hydroxyl groups is 1. The second-order valence-corrected chi connectivity index (χ2v) is 8.17. The van der Waals surface area contributed by atoms with Gasteiger partial charge in [-0.2, -0.15) is 4.31 Å². The van der Waals surface area contributed by atoms with Crippen molar-refractivity contribution in [2.75, 3.05) is 20.2 Å². The van der Waals surface area contributed by atoms with E-state index in [0.29, 0.717) is 6.42 Å². The molecule has 0 fully saturated rings. The molecule has 130 valence electrons. The van der Waals surface area contributed by atoms with Gasteiger partial charge in [0.25, 0.3) is 0 Å². The molecule has 0 heterocycles. The second kappa shape index (κ2) is 7.92. The van der Waals surface area contributed by atoms with E-state index in [9.17, 15) is 13.5 Å². The first-order valence-corrected chi connectivity index (χ1v) is 9.58. The fraction of sp³-hybridized carbons (Fsp3) is 0.368. The molecule has 2 aromatic rings. The molecule has 0 amide bonds. The van der Waals surface area contributed by atoms with Crippen molar-refractivity contribution in [3.05, 3.63) is 66.2 Å². The van der Waals surface area contributed by atoms with Crippen LogP contribution in [-0.4, -0.2) is 38.0 Å². The Kier molecular flexibility index (Phi) is 6.15. The lowest BCUT2D eigenvalue weighted by Crippen LogP contribution is -2.44. The molecule has 0 aliphatic heterocycles. The van der Waals surface area contributed by atoms with Gasteiger partial charge in [0.1, 0.15) is 0 Å². The molecule has 4 nitrogen and oxygen atoms in total. The quantitative estimate of drug-likeness (QED) is 0.798. The van der Waals surface area contributed by atoms with Crippen LogP contribution in [-0.2, 0) is 15.4 Å². The monoisotopic (exact) mass is 347 g/mol. The zero-order valence-electron chi connectivity index (χ0n) is 14.2. The molecule has 0 aromatic heterocycles. The smallest absolute Gasteiger partial charge is 0.242 e. The highest BCUT2D eigenvalue weighted by molar-refractivity contribution is 7.89. The van der Waals surface area contributed by atoms with Gasteiger partial charge in [-0.05, 0) is 24.1 Å². The number of aliphatic hydroxyl groups excluding tert-OH is 1. The van der Waals surface area contributed by atoms with Crippen molar-refractivity contribution >= 4 is 10.0 Å². The van der Waals surface area contributed by atoms with Crippen molar-refractivity contribution < 1.29 is 13.5 Å². The van der Waals surface area contributed by atoms with Crippen LogP contribution in [0.15, 0.2) is 65.6 Å². The highest BCUT2D eigenvalue weighted by Gasteiger charge is 2.35. The second-order valence-electron chi connectivity index (χ2n) is 6.13. The molecule has 1 N–H and O–H groups in total. The van der Waals surface area contributed by atoms with E-state index < -0.39 is 15.4 Å². The van der Waals surface area contributed by atoms with E-state index in [1.807, 2.05) is 37.3 Å². The average Bonchev–Trinajstić information content (AvgIpc) is 2.62. The van der Waals surface area contributed by atoms with Crippen LogP contribution in [0.3, 0.4) is 0 Å². The third-order valence-corrected chi connectivity index (χ3v) is 6.21. The SMILES string of the molecule is CCCC(CO)(CN(C)S(=O)(=O)c1ccccc1)c1ccccc1. The molecule has 1 atom stereocenters. The summed E-state index contributed by atoms with van der Waals surface area (Å²) < 4.78 is 27.0. The van der Waals surface area contributed by atoms with Crippen LogP contribution in [0.4, 0.5) is 0 Å².